The van der Waals surface area contributed by atoms with Crippen LogP contribution in [0.4, 0.5) is 0 Å². The lowest BCUT2D eigenvalue weighted by atomic mass is 10.1. The summed E-state index contributed by atoms with van der Waals surface area (Å²) in [6.45, 7) is 2.06. The van der Waals surface area contributed by atoms with Crippen molar-refractivity contribution < 1.29 is 0 Å². The summed E-state index contributed by atoms with van der Waals surface area (Å²) in [6, 6.07) is 10.3. The first kappa shape index (κ1) is 8.55. The van der Waals surface area contributed by atoms with Gasteiger partial charge in [-0.15, -0.1) is 0 Å². The Morgan fingerprint density at radius 3 is 3.00 bits per heavy atom. The molecule has 0 amide bonds. The Bertz CT molecular complexity index is 318. The minimum Gasteiger partial charge on any atom is -0.198 e. The van der Waals surface area contributed by atoms with Gasteiger partial charge in [0.05, 0.1) is 12.5 Å². The quantitative estimate of drug-likeness (QED) is 0.647. The predicted octanol–water partition coefficient (Wildman–Crippen LogP) is 2.92. The van der Waals surface area contributed by atoms with E-state index in [1.807, 2.05) is 24.3 Å². The topological polar surface area (TPSA) is 23.8 Å². The van der Waals surface area contributed by atoms with Crippen molar-refractivity contribution in [3.63, 3.8) is 0 Å². The fraction of sp³-hybridized carbons (Fsp3) is 0.182. The summed E-state index contributed by atoms with van der Waals surface area (Å²) < 4.78 is 0. The molecule has 0 heterocycles. The van der Waals surface area contributed by atoms with Crippen molar-refractivity contribution in [1.29, 1.82) is 5.26 Å². The largest absolute Gasteiger partial charge is 0.198 e. The first-order valence-electron chi connectivity index (χ1n) is 3.93. The van der Waals surface area contributed by atoms with Crippen LogP contribution in [0.3, 0.4) is 0 Å². The molecule has 0 unspecified atom stereocenters. The highest BCUT2D eigenvalue weighted by Gasteiger charge is 1.85. The van der Waals surface area contributed by atoms with Crippen molar-refractivity contribution in [3.05, 3.63) is 41.5 Å². The second-order valence-electron chi connectivity index (χ2n) is 2.68. The third-order valence-electron chi connectivity index (χ3n) is 1.56. The molecule has 0 saturated heterocycles. The van der Waals surface area contributed by atoms with Crippen LogP contribution in [0.2, 0.25) is 0 Å². The Morgan fingerprint density at radius 1 is 1.50 bits per heavy atom. The molecule has 0 atom stereocenters. The Hall–Kier alpha value is -1.55. The maximum Gasteiger partial charge on any atom is 0.0663 e. The van der Waals surface area contributed by atoms with Crippen LogP contribution in [0.15, 0.2) is 30.3 Å². The summed E-state index contributed by atoms with van der Waals surface area (Å²) in [4.78, 5) is 0. The molecule has 0 fully saturated rings. The van der Waals surface area contributed by atoms with Crippen molar-refractivity contribution in [2.24, 2.45) is 0 Å². The number of allylic oxidation sites excluding steroid dienone is 1. The van der Waals surface area contributed by atoms with Gasteiger partial charge in [-0.3, -0.25) is 0 Å². The molecule has 0 aliphatic carbocycles. The van der Waals surface area contributed by atoms with Gasteiger partial charge in [0.1, 0.15) is 0 Å². The van der Waals surface area contributed by atoms with E-state index < -0.39 is 0 Å². The van der Waals surface area contributed by atoms with Crippen LogP contribution in [0.1, 0.15) is 17.5 Å². The van der Waals surface area contributed by atoms with Crippen LogP contribution >= 0.6 is 0 Å². The van der Waals surface area contributed by atoms with Crippen molar-refractivity contribution >= 4 is 6.08 Å². The van der Waals surface area contributed by atoms with Crippen LogP contribution in [-0.4, -0.2) is 0 Å². The van der Waals surface area contributed by atoms with Crippen LogP contribution in [-0.2, 0) is 0 Å². The van der Waals surface area contributed by atoms with E-state index in [1.54, 1.807) is 0 Å². The maximum absolute atomic E-state index is 8.30. The molecular weight excluding hydrogens is 146 g/mol. The van der Waals surface area contributed by atoms with Gasteiger partial charge in [0.2, 0.25) is 0 Å². The molecule has 0 bridgehead atoms. The maximum atomic E-state index is 8.30. The molecule has 0 radical (unpaired) electrons. The zero-order chi connectivity index (χ0) is 8.81. The van der Waals surface area contributed by atoms with Crippen molar-refractivity contribution in [3.8, 4) is 6.07 Å². The van der Waals surface area contributed by atoms with Gasteiger partial charge < -0.3 is 0 Å². The number of hydrogen-bond acceptors (Lipinski definition) is 1. The normalized spacial score (nSPS) is 10.0. The molecule has 0 aliphatic rings. The lowest BCUT2D eigenvalue weighted by Gasteiger charge is -1.93. The Labute approximate surface area is 73.0 Å². The van der Waals surface area contributed by atoms with E-state index in [-0.39, 0.29) is 0 Å². The fourth-order valence-corrected chi connectivity index (χ4v) is 1.02. The van der Waals surface area contributed by atoms with Gasteiger partial charge in [0, 0.05) is 0 Å². The number of benzene rings is 1. The Kier molecular flexibility index (Phi) is 3.10. The van der Waals surface area contributed by atoms with E-state index >= 15 is 0 Å². The zero-order valence-corrected chi connectivity index (χ0v) is 7.12. The molecule has 0 aliphatic heterocycles. The van der Waals surface area contributed by atoms with E-state index in [9.17, 15) is 0 Å². The molecule has 1 nitrogen and oxygen atoms in total. The van der Waals surface area contributed by atoms with E-state index in [4.69, 9.17) is 5.26 Å². The van der Waals surface area contributed by atoms with Crippen LogP contribution in [0.5, 0.6) is 0 Å². The van der Waals surface area contributed by atoms with Crippen LogP contribution in [0, 0.1) is 18.3 Å². The monoisotopic (exact) mass is 157 g/mol. The average Bonchev–Trinajstić information content (AvgIpc) is 2.05. The first-order chi connectivity index (χ1) is 5.83. The van der Waals surface area contributed by atoms with Gasteiger partial charge in [0.25, 0.3) is 0 Å². The van der Waals surface area contributed by atoms with E-state index in [0.29, 0.717) is 6.42 Å². The highest BCUT2D eigenvalue weighted by Crippen LogP contribution is 2.05. The lowest BCUT2D eigenvalue weighted by Crippen LogP contribution is -1.73. The Morgan fingerprint density at radius 2 is 2.33 bits per heavy atom. The third-order valence-corrected chi connectivity index (χ3v) is 1.56. The molecule has 0 spiro atoms. The summed E-state index contributed by atoms with van der Waals surface area (Å²) in [6.07, 6.45) is 4.32. The molecule has 0 N–H and O–H groups in total. The molecule has 1 heteroatoms. The SMILES string of the molecule is Cc1cccc(C=CCC#N)c1. The van der Waals surface area contributed by atoms with Crippen LogP contribution < -0.4 is 0 Å². The summed E-state index contributed by atoms with van der Waals surface area (Å²) in [7, 11) is 0. The predicted molar refractivity (Wildman–Crippen MR) is 50.4 cm³/mol. The van der Waals surface area contributed by atoms with Gasteiger partial charge in [-0.2, -0.15) is 5.26 Å². The molecule has 1 aromatic carbocycles. The number of hydrogen-bond donors (Lipinski definition) is 0. The molecule has 0 aromatic heterocycles. The second-order valence-corrected chi connectivity index (χ2v) is 2.68. The molecule has 60 valence electrons. The number of aryl methyl sites for hydroxylation is 1. The summed E-state index contributed by atoms with van der Waals surface area (Å²) in [5.74, 6) is 0. The minimum atomic E-state index is 0.480. The summed E-state index contributed by atoms with van der Waals surface area (Å²) in [5, 5.41) is 8.30. The lowest BCUT2D eigenvalue weighted by molar-refractivity contribution is 1.36. The van der Waals surface area contributed by atoms with E-state index in [2.05, 4.69) is 25.1 Å². The highest BCUT2D eigenvalue weighted by molar-refractivity contribution is 5.50. The third kappa shape index (κ3) is 2.59. The smallest absolute Gasteiger partial charge is 0.0663 e. The average molecular weight is 157 g/mol. The van der Waals surface area contributed by atoms with E-state index in [0.717, 1.165) is 5.56 Å². The molecule has 12 heavy (non-hydrogen) atoms. The number of nitrogens with zero attached hydrogens (tertiary/aromatic N) is 1. The fourth-order valence-electron chi connectivity index (χ4n) is 1.02. The number of nitriles is 1. The Balaban J connectivity index is 2.71. The van der Waals surface area contributed by atoms with Gasteiger partial charge in [-0.25, -0.2) is 0 Å². The number of rotatable bonds is 2. The zero-order valence-electron chi connectivity index (χ0n) is 7.12. The van der Waals surface area contributed by atoms with Crippen molar-refractivity contribution in [2.45, 2.75) is 13.3 Å². The van der Waals surface area contributed by atoms with E-state index in [1.165, 1.54) is 5.56 Å². The summed E-state index contributed by atoms with van der Waals surface area (Å²) >= 11 is 0. The van der Waals surface area contributed by atoms with Gasteiger partial charge in [-0.1, -0.05) is 42.0 Å². The molecule has 0 saturated carbocycles. The van der Waals surface area contributed by atoms with Gasteiger partial charge >= 0.3 is 0 Å². The van der Waals surface area contributed by atoms with Gasteiger partial charge in [0.15, 0.2) is 0 Å². The first-order valence-corrected chi connectivity index (χ1v) is 3.93. The standard InChI is InChI=1S/C11H11N/c1-10-5-4-7-11(9-10)6-2-3-8-12/h2,4-7,9H,3H2,1H3. The van der Waals surface area contributed by atoms with Crippen molar-refractivity contribution in [1.82, 2.24) is 0 Å². The minimum absolute atomic E-state index is 0.480. The second kappa shape index (κ2) is 4.35. The molecule has 1 aromatic rings. The molecule has 1 rings (SSSR count). The van der Waals surface area contributed by atoms with Crippen molar-refractivity contribution in [2.75, 3.05) is 0 Å². The van der Waals surface area contributed by atoms with Crippen LogP contribution in [0.25, 0.3) is 6.08 Å². The highest BCUT2D eigenvalue weighted by atomic mass is 14.2. The van der Waals surface area contributed by atoms with Gasteiger partial charge in [-0.05, 0) is 12.5 Å². The molecular formula is C11H11N. The summed E-state index contributed by atoms with van der Waals surface area (Å²) in [5.41, 5.74) is 2.40.